The van der Waals surface area contributed by atoms with Crippen molar-refractivity contribution >= 4 is 17.6 Å². The minimum absolute atomic E-state index is 0.105. The average Bonchev–Trinajstić information content (AvgIpc) is 2.47. The van der Waals surface area contributed by atoms with Crippen LogP contribution in [0.2, 0.25) is 0 Å². The van der Waals surface area contributed by atoms with Gasteiger partial charge in [-0.25, -0.2) is 0 Å². The van der Waals surface area contributed by atoms with Crippen LogP contribution in [0.25, 0.3) is 0 Å². The molecule has 1 rings (SSSR count). The lowest BCUT2D eigenvalue weighted by Gasteiger charge is -2.21. The van der Waals surface area contributed by atoms with Crippen molar-refractivity contribution in [2.45, 2.75) is 32.2 Å². The second-order valence-corrected chi connectivity index (χ2v) is 3.63. The first-order valence-corrected chi connectivity index (χ1v) is 5.16. The smallest absolute Gasteiger partial charge is 0.311 e. The van der Waals surface area contributed by atoms with Crippen LogP contribution in [0.1, 0.15) is 20.3 Å². The van der Waals surface area contributed by atoms with Crippen molar-refractivity contribution in [3.8, 4) is 0 Å². The zero-order chi connectivity index (χ0) is 10.6. The topological polar surface area (TPSA) is 44.8 Å². The Bertz CT molecular complexity index is 209. The Kier molecular flexibility index (Phi) is 4.16. The molecule has 0 radical (unpaired) electrons. The van der Waals surface area contributed by atoms with Crippen molar-refractivity contribution < 1.29 is 19.0 Å². The third-order valence-corrected chi connectivity index (χ3v) is 2.28. The van der Waals surface area contributed by atoms with Gasteiger partial charge in [-0.1, -0.05) is 0 Å². The second-order valence-electron chi connectivity index (χ2n) is 3.32. The molecule has 5 heteroatoms. The third-order valence-electron chi connectivity index (χ3n) is 1.93. The molecule has 1 fully saturated rings. The summed E-state index contributed by atoms with van der Waals surface area (Å²) in [7, 11) is 0. The number of esters is 1. The van der Waals surface area contributed by atoms with Gasteiger partial charge in [0.05, 0.1) is 31.6 Å². The fourth-order valence-corrected chi connectivity index (χ4v) is 1.48. The molecule has 14 heavy (non-hydrogen) atoms. The molecule has 1 saturated heterocycles. The van der Waals surface area contributed by atoms with Gasteiger partial charge in [-0.15, -0.1) is 11.6 Å². The Morgan fingerprint density at radius 2 is 2.43 bits per heavy atom. The molecular weight excluding hydrogens is 208 g/mol. The molecular formula is C9H15ClO4. The molecule has 2 atom stereocenters. The van der Waals surface area contributed by atoms with E-state index in [2.05, 4.69) is 0 Å². The summed E-state index contributed by atoms with van der Waals surface area (Å²) in [6.45, 7) is 4.28. The summed E-state index contributed by atoms with van der Waals surface area (Å²) in [5.41, 5.74) is 0. The van der Waals surface area contributed by atoms with Gasteiger partial charge in [-0.3, -0.25) is 4.79 Å². The van der Waals surface area contributed by atoms with E-state index in [4.69, 9.17) is 25.8 Å². The lowest BCUT2D eigenvalue weighted by Crippen LogP contribution is -2.31. The summed E-state index contributed by atoms with van der Waals surface area (Å²) in [5.74, 6) is -0.810. The minimum atomic E-state index is -0.869. The van der Waals surface area contributed by atoms with Crippen molar-refractivity contribution in [1.29, 1.82) is 0 Å². The lowest BCUT2D eigenvalue weighted by atomic mass is 10.2. The van der Waals surface area contributed by atoms with E-state index in [-0.39, 0.29) is 18.5 Å². The van der Waals surface area contributed by atoms with E-state index in [1.165, 1.54) is 0 Å². The molecule has 2 unspecified atom stereocenters. The standard InChI is InChI=1S/C9H15ClO4/c1-3-12-8(11)4-9(2)13-6-7(5-10)14-9/h7H,3-6H2,1-2H3. The van der Waals surface area contributed by atoms with Gasteiger partial charge >= 0.3 is 5.97 Å². The fourth-order valence-electron chi connectivity index (χ4n) is 1.33. The maximum Gasteiger partial charge on any atom is 0.311 e. The Labute approximate surface area is 88.5 Å². The molecule has 82 valence electrons. The Hall–Kier alpha value is -0.320. The van der Waals surface area contributed by atoms with Crippen LogP contribution >= 0.6 is 11.6 Å². The molecule has 0 bridgehead atoms. The number of rotatable bonds is 4. The van der Waals surface area contributed by atoms with Gasteiger partial charge in [-0.05, 0) is 13.8 Å². The molecule has 0 aliphatic carbocycles. The number of carbonyl (C=O) groups is 1. The van der Waals surface area contributed by atoms with Gasteiger partial charge in [0.15, 0.2) is 5.79 Å². The van der Waals surface area contributed by atoms with Gasteiger partial charge in [0, 0.05) is 0 Å². The second kappa shape index (κ2) is 4.96. The summed E-state index contributed by atoms with van der Waals surface area (Å²) in [4.78, 5) is 11.2. The third kappa shape index (κ3) is 3.12. The highest BCUT2D eigenvalue weighted by molar-refractivity contribution is 6.18. The van der Waals surface area contributed by atoms with Crippen LogP contribution in [0.15, 0.2) is 0 Å². The van der Waals surface area contributed by atoms with Crippen LogP contribution in [-0.4, -0.2) is 37.0 Å². The van der Waals surface area contributed by atoms with Crippen LogP contribution in [0.3, 0.4) is 0 Å². The molecule has 4 nitrogen and oxygen atoms in total. The highest BCUT2D eigenvalue weighted by Gasteiger charge is 2.39. The van der Waals surface area contributed by atoms with Crippen LogP contribution in [0.5, 0.6) is 0 Å². The maximum atomic E-state index is 11.2. The zero-order valence-electron chi connectivity index (χ0n) is 8.42. The molecule has 0 aromatic carbocycles. The summed E-state index contributed by atoms with van der Waals surface area (Å²) in [6.07, 6.45) is -0.0232. The Morgan fingerprint density at radius 1 is 1.71 bits per heavy atom. The van der Waals surface area contributed by atoms with Gasteiger partial charge in [-0.2, -0.15) is 0 Å². The first kappa shape index (κ1) is 11.8. The number of hydrogen-bond donors (Lipinski definition) is 0. The molecule has 0 saturated carbocycles. The van der Waals surface area contributed by atoms with E-state index in [0.717, 1.165) is 0 Å². The monoisotopic (exact) mass is 222 g/mol. The summed E-state index contributed by atoms with van der Waals surface area (Å²) < 4.78 is 15.6. The molecule has 1 aliphatic heterocycles. The van der Waals surface area contributed by atoms with Crippen molar-refractivity contribution in [3.05, 3.63) is 0 Å². The first-order valence-electron chi connectivity index (χ1n) is 4.63. The number of hydrogen-bond acceptors (Lipinski definition) is 4. The molecule has 0 aromatic rings. The van der Waals surface area contributed by atoms with E-state index in [9.17, 15) is 4.79 Å². The van der Waals surface area contributed by atoms with E-state index in [1.807, 2.05) is 0 Å². The van der Waals surface area contributed by atoms with Gasteiger partial charge in [0.25, 0.3) is 0 Å². The Balaban J connectivity index is 2.40. The van der Waals surface area contributed by atoms with Gasteiger partial charge < -0.3 is 14.2 Å². The zero-order valence-corrected chi connectivity index (χ0v) is 9.17. The van der Waals surface area contributed by atoms with Crippen molar-refractivity contribution in [2.24, 2.45) is 0 Å². The first-order chi connectivity index (χ1) is 6.59. The minimum Gasteiger partial charge on any atom is -0.466 e. The maximum absolute atomic E-state index is 11.2. The molecule has 1 heterocycles. The van der Waals surface area contributed by atoms with Crippen molar-refractivity contribution in [3.63, 3.8) is 0 Å². The molecule has 1 aliphatic rings. The quantitative estimate of drug-likeness (QED) is 0.532. The number of ether oxygens (including phenoxy) is 3. The number of carbonyl (C=O) groups excluding carboxylic acids is 1. The predicted molar refractivity (Wildman–Crippen MR) is 51.2 cm³/mol. The predicted octanol–water partition coefficient (Wildman–Crippen LogP) is 1.31. The highest BCUT2D eigenvalue weighted by Crippen LogP contribution is 2.27. The van der Waals surface area contributed by atoms with Crippen LogP contribution < -0.4 is 0 Å². The summed E-state index contributed by atoms with van der Waals surface area (Å²) >= 11 is 5.61. The summed E-state index contributed by atoms with van der Waals surface area (Å²) in [5, 5.41) is 0. The number of halogens is 1. The van der Waals surface area contributed by atoms with Crippen LogP contribution in [0, 0.1) is 0 Å². The van der Waals surface area contributed by atoms with Crippen LogP contribution in [-0.2, 0) is 19.0 Å². The highest BCUT2D eigenvalue weighted by atomic mass is 35.5. The fraction of sp³-hybridized carbons (Fsp3) is 0.889. The van der Waals surface area contributed by atoms with Crippen molar-refractivity contribution in [2.75, 3.05) is 19.1 Å². The van der Waals surface area contributed by atoms with Gasteiger partial charge in [0.1, 0.15) is 0 Å². The molecule has 0 aromatic heterocycles. The molecule has 0 spiro atoms. The summed E-state index contributed by atoms with van der Waals surface area (Å²) in [6, 6.07) is 0. The number of alkyl halides is 1. The van der Waals surface area contributed by atoms with E-state index < -0.39 is 5.79 Å². The SMILES string of the molecule is CCOC(=O)CC1(C)OCC(CCl)O1. The molecule has 0 amide bonds. The van der Waals surface area contributed by atoms with E-state index in [1.54, 1.807) is 13.8 Å². The van der Waals surface area contributed by atoms with Crippen molar-refractivity contribution in [1.82, 2.24) is 0 Å². The lowest BCUT2D eigenvalue weighted by molar-refractivity contribution is -0.178. The molecule has 0 N–H and O–H groups in total. The van der Waals surface area contributed by atoms with E-state index >= 15 is 0 Å². The van der Waals surface area contributed by atoms with Gasteiger partial charge in [0.2, 0.25) is 0 Å². The van der Waals surface area contributed by atoms with Crippen LogP contribution in [0.4, 0.5) is 0 Å². The normalized spacial score (nSPS) is 31.8. The van der Waals surface area contributed by atoms with E-state index in [0.29, 0.717) is 19.1 Å². The largest absolute Gasteiger partial charge is 0.466 e. The Morgan fingerprint density at radius 3 is 2.93 bits per heavy atom. The average molecular weight is 223 g/mol.